The molecule has 0 bridgehead atoms. The molecule has 1 aliphatic heterocycles. The number of pyridine rings is 1. The number of aromatic hydroxyl groups is 1. The van der Waals surface area contributed by atoms with Crippen LogP contribution >= 0.6 is 0 Å². The van der Waals surface area contributed by atoms with Crippen LogP contribution in [0.25, 0.3) is 11.1 Å². The normalized spacial score (nSPS) is 20.8. The number of amides is 1. The molecule has 1 aromatic carbocycles. The number of benzene rings is 1. The van der Waals surface area contributed by atoms with Gasteiger partial charge in [-0.25, -0.2) is 4.98 Å². The van der Waals surface area contributed by atoms with Gasteiger partial charge in [0, 0.05) is 42.5 Å². The van der Waals surface area contributed by atoms with E-state index in [1.54, 1.807) is 12.3 Å². The number of nitrogens with zero attached hydrogens (tertiary/aromatic N) is 2. The summed E-state index contributed by atoms with van der Waals surface area (Å²) in [5, 5.41) is 13.1. The van der Waals surface area contributed by atoms with E-state index in [-0.39, 0.29) is 17.5 Å². The zero-order valence-electron chi connectivity index (χ0n) is 13.9. The molecule has 2 aromatic rings. The molecule has 1 fully saturated rings. The van der Waals surface area contributed by atoms with Gasteiger partial charge >= 0.3 is 0 Å². The molecule has 2 atom stereocenters. The molecule has 6 nitrogen and oxygen atoms in total. The van der Waals surface area contributed by atoms with Crippen molar-refractivity contribution in [2.75, 3.05) is 18.8 Å². The minimum atomic E-state index is -0.0450. The predicted molar refractivity (Wildman–Crippen MR) is 93.7 cm³/mol. The number of nitrogens with one attached hydrogen (secondary N) is 1. The highest BCUT2D eigenvalue weighted by Gasteiger charge is 2.25. The average Bonchev–Trinajstić information content (AvgIpc) is 2.56. The largest absolute Gasteiger partial charge is 0.504 e. The van der Waals surface area contributed by atoms with Crippen molar-refractivity contribution in [3.05, 3.63) is 42.1 Å². The summed E-state index contributed by atoms with van der Waals surface area (Å²) in [5.74, 6) is 0.101. The number of carbonyl (C=O) groups is 1. The van der Waals surface area contributed by atoms with Gasteiger partial charge in [0.2, 0.25) is 0 Å². The molecule has 0 saturated carbocycles. The van der Waals surface area contributed by atoms with Crippen LogP contribution in [0.15, 0.2) is 36.5 Å². The fraction of sp³-hybridized carbons (Fsp3) is 0.333. The molecule has 1 aliphatic rings. The second kappa shape index (κ2) is 6.49. The maximum Gasteiger partial charge on any atom is 0.253 e. The third-order valence-corrected chi connectivity index (χ3v) is 4.21. The molecular weight excluding hydrogens is 304 g/mol. The maximum absolute atomic E-state index is 12.7. The van der Waals surface area contributed by atoms with E-state index >= 15 is 0 Å². The molecule has 1 amide bonds. The molecule has 6 heteroatoms. The molecule has 24 heavy (non-hydrogen) atoms. The Morgan fingerprint density at radius 1 is 1.21 bits per heavy atom. The van der Waals surface area contributed by atoms with E-state index in [9.17, 15) is 9.90 Å². The molecule has 0 radical (unpaired) electrons. The minimum absolute atomic E-state index is 0.0417. The summed E-state index contributed by atoms with van der Waals surface area (Å²) >= 11 is 0. The van der Waals surface area contributed by atoms with Gasteiger partial charge in [0.25, 0.3) is 5.91 Å². The van der Waals surface area contributed by atoms with Crippen molar-refractivity contribution in [1.82, 2.24) is 15.2 Å². The van der Waals surface area contributed by atoms with E-state index in [1.807, 2.05) is 29.2 Å². The molecule has 3 rings (SSSR count). The molecule has 126 valence electrons. The molecule has 4 N–H and O–H groups in total. The van der Waals surface area contributed by atoms with Crippen molar-refractivity contribution >= 4 is 11.7 Å². The van der Waals surface area contributed by atoms with Gasteiger partial charge < -0.3 is 21.1 Å². The Balaban J connectivity index is 1.78. The van der Waals surface area contributed by atoms with E-state index in [2.05, 4.69) is 24.1 Å². The molecule has 2 unspecified atom stereocenters. The highest BCUT2D eigenvalue weighted by molar-refractivity contribution is 5.94. The van der Waals surface area contributed by atoms with E-state index in [0.717, 1.165) is 11.1 Å². The number of hydrogen-bond acceptors (Lipinski definition) is 5. The quantitative estimate of drug-likeness (QED) is 0.783. The molecule has 0 aliphatic carbocycles. The van der Waals surface area contributed by atoms with Gasteiger partial charge in [-0.1, -0.05) is 12.1 Å². The van der Waals surface area contributed by atoms with Gasteiger partial charge in [-0.05, 0) is 37.6 Å². The predicted octanol–water partition coefficient (Wildman–Crippen LogP) is 1.86. The summed E-state index contributed by atoms with van der Waals surface area (Å²) in [6, 6.07) is 9.48. The van der Waals surface area contributed by atoms with E-state index in [4.69, 9.17) is 5.73 Å². The Bertz CT molecular complexity index is 735. The van der Waals surface area contributed by atoms with Crippen LogP contribution in [0.3, 0.4) is 0 Å². The summed E-state index contributed by atoms with van der Waals surface area (Å²) in [7, 11) is 0. The van der Waals surface area contributed by atoms with Crippen molar-refractivity contribution in [3.63, 3.8) is 0 Å². The van der Waals surface area contributed by atoms with Crippen molar-refractivity contribution in [1.29, 1.82) is 0 Å². The van der Waals surface area contributed by atoms with Crippen LogP contribution in [0.2, 0.25) is 0 Å². The standard InChI is InChI=1S/C18H22N4O2/c1-11-9-22(10-12(2)21-11)18(24)14-5-3-13(4-6-14)15-7-16(23)17(19)20-8-15/h3-8,11-12,21,23H,9-10H2,1-2H3,(H2,19,20). The number of piperazine rings is 1. The minimum Gasteiger partial charge on any atom is -0.504 e. The van der Waals surface area contributed by atoms with Gasteiger partial charge in [0.05, 0.1) is 0 Å². The number of nitrogen functional groups attached to an aromatic ring is 1. The van der Waals surface area contributed by atoms with Crippen LogP contribution in [0.1, 0.15) is 24.2 Å². The Kier molecular flexibility index (Phi) is 4.40. The first-order valence-electron chi connectivity index (χ1n) is 8.04. The lowest BCUT2D eigenvalue weighted by atomic mass is 10.0. The first-order chi connectivity index (χ1) is 11.4. The third kappa shape index (κ3) is 3.33. The van der Waals surface area contributed by atoms with Gasteiger partial charge in [0.15, 0.2) is 11.6 Å². The van der Waals surface area contributed by atoms with Gasteiger partial charge in [-0.15, -0.1) is 0 Å². The topological polar surface area (TPSA) is 91.5 Å². The van der Waals surface area contributed by atoms with Crippen molar-refractivity contribution in [2.24, 2.45) is 0 Å². The molecule has 0 spiro atoms. The van der Waals surface area contributed by atoms with Gasteiger partial charge in [-0.2, -0.15) is 0 Å². The van der Waals surface area contributed by atoms with Gasteiger partial charge in [-0.3, -0.25) is 4.79 Å². The number of carbonyl (C=O) groups excluding carboxylic acids is 1. The first-order valence-corrected chi connectivity index (χ1v) is 8.04. The zero-order chi connectivity index (χ0) is 17.3. The Labute approximate surface area is 141 Å². The molecule has 1 aromatic heterocycles. The van der Waals surface area contributed by atoms with Crippen molar-refractivity contribution < 1.29 is 9.90 Å². The fourth-order valence-corrected chi connectivity index (χ4v) is 3.10. The third-order valence-electron chi connectivity index (χ3n) is 4.21. The lowest BCUT2D eigenvalue weighted by Crippen LogP contribution is -2.55. The highest BCUT2D eigenvalue weighted by Crippen LogP contribution is 2.26. The van der Waals surface area contributed by atoms with Crippen LogP contribution in [0.4, 0.5) is 5.82 Å². The van der Waals surface area contributed by atoms with Crippen LogP contribution in [-0.4, -0.2) is 46.1 Å². The highest BCUT2D eigenvalue weighted by atomic mass is 16.3. The lowest BCUT2D eigenvalue weighted by molar-refractivity contribution is 0.0674. The summed E-state index contributed by atoms with van der Waals surface area (Å²) in [6.45, 7) is 5.58. The number of anilines is 1. The second-order valence-electron chi connectivity index (χ2n) is 6.38. The average molecular weight is 326 g/mol. The van der Waals surface area contributed by atoms with Crippen molar-refractivity contribution in [3.8, 4) is 16.9 Å². The monoisotopic (exact) mass is 326 g/mol. The van der Waals surface area contributed by atoms with E-state index in [1.165, 1.54) is 0 Å². The van der Waals surface area contributed by atoms with Crippen LogP contribution in [0.5, 0.6) is 5.75 Å². The Hall–Kier alpha value is -2.60. The second-order valence-corrected chi connectivity index (χ2v) is 6.38. The fourth-order valence-electron chi connectivity index (χ4n) is 3.10. The van der Waals surface area contributed by atoms with E-state index in [0.29, 0.717) is 30.7 Å². The number of hydrogen-bond donors (Lipinski definition) is 3. The lowest BCUT2D eigenvalue weighted by Gasteiger charge is -2.36. The zero-order valence-corrected chi connectivity index (χ0v) is 13.9. The van der Waals surface area contributed by atoms with Crippen LogP contribution in [0, 0.1) is 0 Å². The van der Waals surface area contributed by atoms with Crippen molar-refractivity contribution in [2.45, 2.75) is 25.9 Å². The summed E-state index contributed by atoms with van der Waals surface area (Å²) in [4.78, 5) is 18.5. The number of rotatable bonds is 2. The number of nitrogens with two attached hydrogens (primary N) is 1. The molecular formula is C18H22N4O2. The summed E-state index contributed by atoms with van der Waals surface area (Å²) < 4.78 is 0. The Morgan fingerprint density at radius 2 is 1.83 bits per heavy atom. The Morgan fingerprint density at radius 3 is 2.42 bits per heavy atom. The maximum atomic E-state index is 12.7. The smallest absolute Gasteiger partial charge is 0.253 e. The summed E-state index contributed by atoms with van der Waals surface area (Å²) in [5.41, 5.74) is 7.81. The van der Waals surface area contributed by atoms with Crippen LogP contribution in [-0.2, 0) is 0 Å². The number of aromatic nitrogens is 1. The summed E-state index contributed by atoms with van der Waals surface area (Å²) in [6.07, 6.45) is 1.60. The SMILES string of the molecule is CC1CN(C(=O)c2ccc(-c3cnc(N)c(O)c3)cc2)CC(C)N1. The van der Waals surface area contributed by atoms with E-state index < -0.39 is 0 Å². The van der Waals surface area contributed by atoms with Gasteiger partial charge in [0.1, 0.15) is 0 Å². The first kappa shape index (κ1) is 16.3. The molecule has 2 heterocycles. The van der Waals surface area contributed by atoms with Crippen LogP contribution < -0.4 is 11.1 Å². The molecule has 1 saturated heterocycles.